The standard InChI is InChI=1S/C20H18O4/c1-22-18-10-6-5-9-16(18)13-24-20(21)17-11-14-7-3-4-8-15(14)12-19(17)23-2/h3-12H,13H2,1-2H3. The number of hydrogen-bond acceptors (Lipinski definition) is 4. The van der Waals surface area contributed by atoms with E-state index in [1.54, 1.807) is 20.3 Å². The fraction of sp³-hybridized carbons (Fsp3) is 0.150. The number of hydrogen-bond donors (Lipinski definition) is 0. The molecule has 0 saturated heterocycles. The molecule has 0 atom stereocenters. The third-order valence-corrected chi connectivity index (χ3v) is 3.84. The molecule has 3 aromatic rings. The van der Waals surface area contributed by atoms with Crippen molar-refractivity contribution in [2.75, 3.05) is 14.2 Å². The topological polar surface area (TPSA) is 44.8 Å². The third kappa shape index (κ3) is 3.18. The molecule has 3 rings (SSSR count). The van der Waals surface area contributed by atoms with E-state index in [9.17, 15) is 4.79 Å². The average molecular weight is 322 g/mol. The van der Waals surface area contributed by atoms with Gasteiger partial charge in [0.2, 0.25) is 0 Å². The van der Waals surface area contributed by atoms with Gasteiger partial charge >= 0.3 is 5.97 Å². The van der Waals surface area contributed by atoms with Crippen molar-refractivity contribution in [3.8, 4) is 11.5 Å². The predicted molar refractivity (Wildman–Crippen MR) is 92.6 cm³/mol. The van der Waals surface area contributed by atoms with E-state index in [1.807, 2.05) is 54.6 Å². The quantitative estimate of drug-likeness (QED) is 0.660. The van der Waals surface area contributed by atoms with Gasteiger partial charge in [-0.1, -0.05) is 42.5 Å². The molecule has 0 aliphatic heterocycles. The van der Waals surface area contributed by atoms with Crippen LogP contribution in [0.3, 0.4) is 0 Å². The van der Waals surface area contributed by atoms with Gasteiger partial charge in [-0.3, -0.25) is 0 Å². The van der Waals surface area contributed by atoms with Gasteiger partial charge in [-0.05, 0) is 29.0 Å². The van der Waals surface area contributed by atoms with Crippen LogP contribution in [0.2, 0.25) is 0 Å². The monoisotopic (exact) mass is 322 g/mol. The van der Waals surface area contributed by atoms with E-state index >= 15 is 0 Å². The number of para-hydroxylation sites is 1. The van der Waals surface area contributed by atoms with E-state index in [2.05, 4.69) is 0 Å². The number of esters is 1. The first-order valence-electron chi connectivity index (χ1n) is 7.58. The van der Waals surface area contributed by atoms with E-state index in [0.717, 1.165) is 16.3 Å². The van der Waals surface area contributed by atoms with Crippen LogP contribution in [0.1, 0.15) is 15.9 Å². The summed E-state index contributed by atoms with van der Waals surface area (Å²) >= 11 is 0. The Hall–Kier alpha value is -3.01. The summed E-state index contributed by atoms with van der Waals surface area (Å²) in [7, 11) is 3.13. The van der Waals surface area contributed by atoms with Crippen molar-refractivity contribution in [2.45, 2.75) is 6.61 Å². The summed E-state index contributed by atoms with van der Waals surface area (Å²) in [4.78, 5) is 12.5. The lowest BCUT2D eigenvalue weighted by molar-refractivity contribution is 0.0467. The maximum Gasteiger partial charge on any atom is 0.342 e. The molecule has 24 heavy (non-hydrogen) atoms. The zero-order valence-corrected chi connectivity index (χ0v) is 13.6. The van der Waals surface area contributed by atoms with Crippen molar-refractivity contribution in [3.63, 3.8) is 0 Å². The Morgan fingerprint density at radius 2 is 1.46 bits per heavy atom. The Morgan fingerprint density at radius 1 is 0.833 bits per heavy atom. The predicted octanol–water partition coefficient (Wildman–Crippen LogP) is 4.21. The van der Waals surface area contributed by atoms with Crippen molar-refractivity contribution >= 4 is 16.7 Å². The molecule has 0 radical (unpaired) electrons. The molecule has 0 saturated carbocycles. The summed E-state index contributed by atoms with van der Waals surface area (Å²) in [5, 5.41) is 1.97. The van der Waals surface area contributed by atoms with Gasteiger partial charge in [-0.2, -0.15) is 0 Å². The molecule has 0 aliphatic carbocycles. The Balaban J connectivity index is 1.85. The highest BCUT2D eigenvalue weighted by Gasteiger charge is 2.16. The second kappa shape index (κ2) is 7.04. The minimum Gasteiger partial charge on any atom is -0.496 e. The van der Waals surface area contributed by atoms with Gasteiger partial charge in [0.15, 0.2) is 0 Å². The molecule has 4 nitrogen and oxygen atoms in total. The van der Waals surface area contributed by atoms with Gasteiger partial charge in [0.1, 0.15) is 23.7 Å². The van der Waals surface area contributed by atoms with Crippen molar-refractivity contribution in [3.05, 3.63) is 71.8 Å². The molecule has 0 aromatic heterocycles. The molecule has 122 valence electrons. The molecule has 0 fully saturated rings. The molecule has 0 spiro atoms. The maximum absolute atomic E-state index is 12.5. The van der Waals surface area contributed by atoms with Crippen molar-refractivity contribution < 1.29 is 19.0 Å². The number of ether oxygens (including phenoxy) is 3. The highest BCUT2D eigenvalue weighted by molar-refractivity contribution is 5.98. The maximum atomic E-state index is 12.5. The number of fused-ring (bicyclic) bond motifs is 1. The van der Waals surface area contributed by atoms with Gasteiger partial charge in [0.05, 0.1) is 14.2 Å². The minimum absolute atomic E-state index is 0.138. The fourth-order valence-electron chi connectivity index (χ4n) is 2.59. The van der Waals surface area contributed by atoms with Gasteiger partial charge in [-0.25, -0.2) is 4.79 Å². The Morgan fingerprint density at radius 3 is 2.17 bits per heavy atom. The third-order valence-electron chi connectivity index (χ3n) is 3.84. The van der Waals surface area contributed by atoms with Gasteiger partial charge < -0.3 is 14.2 Å². The second-order valence-electron chi connectivity index (χ2n) is 5.29. The van der Waals surface area contributed by atoms with Crippen LogP contribution in [-0.2, 0) is 11.3 Å². The Bertz CT molecular complexity index is 870. The smallest absolute Gasteiger partial charge is 0.342 e. The molecule has 0 bridgehead atoms. The van der Waals surface area contributed by atoms with Gasteiger partial charge in [0.25, 0.3) is 0 Å². The molecular weight excluding hydrogens is 304 g/mol. The Labute approximate surface area is 140 Å². The highest BCUT2D eigenvalue weighted by Crippen LogP contribution is 2.27. The second-order valence-corrected chi connectivity index (χ2v) is 5.29. The summed E-state index contributed by atoms with van der Waals surface area (Å²) in [6.45, 7) is 0.138. The van der Waals surface area contributed by atoms with Crippen molar-refractivity contribution in [2.24, 2.45) is 0 Å². The minimum atomic E-state index is -0.427. The van der Waals surface area contributed by atoms with Crippen LogP contribution in [-0.4, -0.2) is 20.2 Å². The van der Waals surface area contributed by atoms with Crippen molar-refractivity contribution in [1.82, 2.24) is 0 Å². The summed E-state index contributed by atoms with van der Waals surface area (Å²) < 4.78 is 16.1. The molecule has 0 heterocycles. The van der Waals surface area contributed by atoms with Crippen LogP contribution in [0, 0.1) is 0 Å². The van der Waals surface area contributed by atoms with Crippen LogP contribution in [0.25, 0.3) is 10.8 Å². The average Bonchev–Trinajstić information content (AvgIpc) is 2.65. The molecule has 0 N–H and O–H groups in total. The lowest BCUT2D eigenvalue weighted by atomic mass is 10.1. The van der Waals surface area contributed by atoms with Crippen LogP contribution >= 0.6 is 0 Å². The fourth-order valence-corrected chi connectivity index (χ4v) is 2.59. The van der Waals surface area contributed by atoms with Crippen LogP contribution in [0.4, 0.5) is 0 Å². The molecular formula is C20H18O4. The zero-order chi connectivity index (χ0) is 16.9. The lowest BCUT2D eigenvalue weighted by Crippen LogP contribution is -2.08. The molecule has 0 unspecified atom stereocenters. The summed E-state index contributed by atoms with van der Waals surface area (Å²) in [6, 6.07) is 18.9. The first-order valence-corrected chi connectivity index (χ1v) is 7.58. The SMILES string of the molecule is COc1ccccc1COC(=O)c1cc2ccccc2cc1OC. The highest BCUT2D eigenvalue weighted by atomic mass is 16.5. The number of carbonyl (C=O) groups excluding carboxylic acids is 1. The van der Waals surface area contributed by atoms with E-state index < -0.39 is 5.97 Å². The lowest BCUT2D eigenvalue weighted by Gasteiger charge is -2.12. The number of methoxy groups -OCH3 is 2. The van der Waals surface area contributed by atoms with E-state index in [0.29, 0.717) is 17.1 Å². The van der Waals surface area contributed by atoms with Crippen molar-refractivity contribution in [1.29, 1.82) is 0 Å². The van der Waals surface area contributed by atoms with E-state index in [-0.39, 0.29) is 6.61 Å². The van der Waals surface area contributed by atoms with E-state index in [1.165, 1.54) is 0 Å². The van der Waals surface area contributed by atoms with Crippen LogP contribution in [0.5, 0.6) is 11.5 Å². The largest absolute Gasteiger partial charge is 0.496 e. The molecule has 3 aromatic carbocycles. The van der Waals surface area contributed by atoms with Crippen LogP contribution < -0.4 is 9.47 Å². The van der Waals surface area contributed by atoms with E-state index in [4.69, 9.17) is 14.2 Å². The summed E-state index contributed by atoms with van der Waals surface area (Å²) in [5.74, 6) is 0.762. The first-order chi connectivity index (χ1) is 11.7. The van der Waals surface area contributed by atoms with Gasteiger partial charge in [-0.15, -0.1) is 0 Å². The molecule has 0 amide bonds. The zero-order valence-electron chi connectivity index (χ0n) is 13.6. The first kappa shape index (κ1) is 15.9. The summed E-state index contributed by atoms with van der Waals surface area (Å²) in [6.07, 6.45) is 0. The number of benzene rings is 3. The number of carbonyl (C=O) groups is 1. The van der Waals surface area contributed by atoms with Gasteiger partial charge in [0, 0.05) is 5.56 Å². The molecule has 4 heteroatoms. The summed E-state index contributed by atoms with van der Waals surface area (Å²) in [5.41, 5.74) is 1.22. The normalized spacial score (nSPS) is 10.4. The van der Waals surface area contributed by atoms with Crippen LogP contribution in [0.15, 0.2) is 60.7 Å². The Kier molecular flexibility index (Phi) is 4.66. The molecule has 0 aliphatic rings. The number of rotatable bonds is 5.